The Morgan fingerprint density at radius 2 is 2.00 bits per heavy atom. The van der Waals surface area contributed by atoms with Gasteiger partial charge in [0.2, 0.25) is 5.91 Å². The number of halogens is 2. The van der Waals surface area contributed by atoms with Gasteiger partial charge in [0.1, 0.15) is 11.4 Å². The highest BCUT2D eigenvalue weighted by Crippen LogP contribution is 2.50. The Balaban J connectivity index is 0.00000169. The van der Waals surface area contributed by atoms with Gasteiger partial charge in [0.15, 0.2) is 0 Å². The molecule has 0 bridgehead atoms. The maximum atomic E-state index is 12.7. The first-order chi connectivity index (χ1) is 11.4. The lowest BCUT2D eigenvalue weighted by Crippen LogP contribution is -2.74. The van der Waals surface area contributed by atoms with E-state index in [0.29, 0.717) is 13.0 Å². The largest absolute Gasteiger partial charge is 0.378 e. The molecule has 1 aliphatic rings. The average Bonchev–Trinajstić information content (AvgIpc) is 3.09. The molecule has 1 aromatic heterocycles. The highest BCUT2D eigenvalue weighted by atomic mass is 35.5. The van der Waals surface area contributed by atoms with Crippen LogP contribution in [-0.4, -0.2) is 34.1 Å². The number of hydrogen-bond acceptors (Lipinski definition) is 4. The number of carbonyl (C=O) groups is 1. The van der Waals surface area contributed by atoms with E-state index in [2.05, 4.69) is 15.3 Å². The van der Waals surface area contributed by atoms with Crippen LogP contribution < -0.4 is 11.1 Å². The van der Waals surface area contributed by atoms with Crippen molar-refractivity contribution in [2.45, 2.75) is 38.8 Å². The number of H-pyrrole nitrogens is 1. The van der Waals surface area contributed by atoms with Crippen LogP contribution in [0.1, 0.15) is 27.2 Å². The lowest BCUT2D eigenvalue weighted by Gasteiger charge is -2.57. The van der Waals surface area contributed by atoms with E-state index in [0.717, 1.165) is 17.1 Å². The predicted molar refractivity (Wildman–Crippen MR) is 108 cm³/mol. The lowest BCUT2D eigenvalue weighted by molar-refractivity contribution is -0.166. The molecule has 2 unspecified atom stereocenters. The molecule has 1 heterocycles. The molecular weight excluding hydrogens is 375 g/mol. The number of carbonyl (C=O) groups excluding carboxylic acids is 1. The zero-order chi connectivity index (χ0) is 17.4. The number of imidazole rings is 1. The highest BCUT2D eigenvalue weighted by molar-refractivity contribution is 5.99. The molecular formula is C18H26Cl2N4O2. The Hall–Kier alpha value is -1.60. The highest BCUT2D eigenvalue weighted by Gasteiger charge is 2.62. The standard InChI is InChI=1S/C18H24N4O2.2ClH/c1-4-24-14-11-18(19,17(14,2)3)16(23)22-13-7-5-12(6-8-13)15-20-9-10-21-15;;/h5-10,14H,4,11,19H2,1-3H3,(H,20,21)(H,22,23);2*1H. The molecule has 8 heteroatoms. The second-order valence-electron chi connectivity index (χ2n) is 6.81. The van der Waals surface area contributed by atoms with Gasteiger partial charge in [-0.25, -0.2) is 4.98 Å². The summed E-state index contributed by atoms with van der Waals surface area (Å²) in [5.41, 5.74) is 6.74. The molecule has 0 saturated heterocycles. The van der Waals surface area contributed by atoms with Gasteiger partial charge >= 0.3 is 0 Å². The fourth-order valence-electron chi connectivity index (χ4n) is 3.20. The number of hydrogen-bond donors (Lipinski definition) is 3. The van der Waals surface area contributed by atoms with E-state index < -0.39 is 11.0 Å². The molecule has 1 fully saturated rings. The number of rotatable bonds is 5. The average molecular weight is 401 g/mol. The normalized spacial score (nSPS) is 23.2. The minimum Gasteiger partial charge on any atom is -0.378 e. The Labute approximate surface area is 166 Å². The van der Waals surface area contributed by atoms with Crippen molar-refractivity contribution < 1.29 is 9.53 Å². The predicted octanol–water partition coefficient (Wildman–Crippen LogP) is 3.39. The maximum Gasteiger partial charge on any atom is 0.245 e. The van der Waals surface area contributed by atoms with Crippen LogP contribution in [0, 0.1) is 5.41 Å². The van der Waals surface area contributed by atoms with E-state index in [-0.39, 0.29) is 36.8 Å². The van der Waals surface area contributed by atoms with Crippen LogP contribution in [0.2, 0.25) is 0 Å². The van der Waals surface area contributed by atoms with E-state index in [1.807, 2.05) is 45.0 Å². The number of nitrogens with two attached hydrogens (primary N) is 1. The summed E-state index contributed by atoms with van der Waals surface area (Å²) in [6.07, 6.45) is 4.02. The van der Waals surface area contributed by atoms with E-state index in [9.17, 15) is 4.79 Å². The van der Waals surface area contributed by atoms with Gasteiger partial charge < -0.3 is 20.8 Å². The van der Waals surface area contributed by atoms with Crippen molar-refractivity contribution in [3.05, 3.63) is 36.7 Å². The number of aromatic nitrogens is 2. The van der Waals surface area contributed by atoms with Crippen molar-refractivity contribution in [2.24, 2.45) is 11.1 Å². The molecule has 2 atom stereocenters. The monoisotopic (exact) mass is 400 g/mol. The number of ether oxygens (including phenoxy) is 1. The zero-order valence-corrected chi connectivity index (χ0v) is 16.7. The first-order valence-electron chi connectivity index (χ1n) is 8.20. The van der Waals surface area contributed by atoms with Crippen LogP contribution in [0.4, 0.5) is 5.69 Å². The first-order valence-corrected chi connectivity index (χ1v) is 8.20. The molecule has 0 spiro atoms. The van der Waals surface area contributed by atoms with Gasteiger partial charge in [-0.3, -0.25) is 4.79 Å². The second kappa shape index (κ2) is 8.39. The Kier molecular flexibility index (Phi) is 7.24. The summed E-state index contributed by atoms with van der Waals surface area (Å²) in [7, 11) is 0. The van der Waals surface area contributed by atoms with Crippen LogP contribution in [0.25, 0.3) is 11.4 Å². The van der Waals surface area contributed by atoms with Crippen molar-refractivity contribution in [3.63, 3.8) is 0 Å². The van der Waals surface area contributed by atoms with Gasteiger partial charge in [0.05, 0.1) is 6.10 Å². The summed E-state index contributed by atoms with van der Waals surface area (Å²) in [5, 5.41) is 2.93. The third-order valence-corrected chi connectivity index (χ3v) is 5.15. The van der Waals surface area contributed by atoms with Crippen molar-refractivity contribution in [1.82, 2.24) is 9.97 Å². The van der Waals surface area contributed by atoms with E-state index >= 15 is 0 Å². The molecule has 6 nitrogen and oxygen atoms in total. The van der Waals surface area contributed by atoms with Gasteiger partial charge in [-0.15, -0.1) is 24.8 Å². The molecule has 1 amide bonds. The maximum absolute atomic E-state index is 12.7. The van der Waals surface area contributed by atoms with E-state index in [4.69, 9.17) is 10.5 Å². The zero-order valence-electron chi connectivity index (χ0n) is 15.1. The molecule has 1 saturated carbocycles. The summed E-state index contributed by atoms with van der Waals surface area (Å²) in [6.45, 7) is 6.54. The number of nitrogens with zero attached hydrogens (tertiary/aromatic N) is 1. The van der Waals surface area contributed by atoms with Gasteiger partial charge in [0.25, 0.3) is 0 Å². The third kappa shape index (κ3) is 3.74. The fourth-order valence-corrected chi connectivity index (χ4v) is 3.20. The Morgan fingerprint density at radius 1 is 1.35 bits per heavy atom. The van der Waals surface area contributed by atoms with Crippen molar-refractivity contribution >= 4 is 36.4 Å². The van der Waals surface area contributed by atoms with Crippen molar-refractivity contribution in [3.8, 4) is 11.4 Å². The number of benzene rings is 1. The van der Waals surface area contributed by atoms with Crippen molar-refractivity contribution in [2.75, 3.05) is 11.9 Å². The number of aromatic amines is 1. The van der Waals surface area contributed by atoms with Crippen LogP contribution in [0.5, 0.6) is 0 Å². The molecule has 1 aromatic carbocycles. The Morgan fingerprint density at radius 3 is 2.50 bits per heavy atom. The Bertz CT molecular complexity index is 719. The van der Waals surface area contributed by atoms with E-state index in [1.165, 1.54) is 0 Å². The quantitative estimate of drug-likeness (QED) is 0.716. The molecule has 3 rings (SSSR count). The molecule has 4 N–H and O–H groups in total. The fraction of sp³-hybridized carbons (Fsp3) is 0.444. The lowest BCUT2D eigenvalue weighted by atomic mass is 9.54. The minimum atomic E-state index is -0.924. The van der Waals surface area contributed by atoms with Gasteiger partial charge in [0, 0.05) is 42.1 Å². The minimum absolute atomic E-state index is 0. The molecule has 1 aliphatic carbocycles. The summed E-state index contributed by atoms with van der Waals surface area (Å²) >= 11 is 0. The number of anilines is 1. The topological polar surface area (TPSA) is 93.0 Å². The second-order valence-corrected chi connectivity index (χ2v) is 6.81. The summed E-state index contributed by atoms with van der Waals surface area (Å²) in [4.78, 5) is 19.9. The SMILES string of the molecule is CCOC1CC(N)(C(=O)Nc2ccc(-c3ncc[nH]3)cc2)C1(C)C.Cl.Cl. The summed E-state index contributed by atoms with van der Waals surface area (Å²) in [6, 6.07) is 7.52. The van der Waals surface area contributed by atoms with Gasteiger partial charge in [-0.05, 0) is 31.2 Å². The molecule has 26 heavy (non-hydrogen) atoms. The van der Waals surface area contributed by atoms with Crippen molar-refractivity contribution in [1.29, 1.82) is 0 Å². The molecule has 0 aliphatic heterocycles. The number of amides is 1. The van der Waals surface area contributed by atoms with Crippen LogP contribution in [-0.2, 0) is 9.53 Å². The van der Waals surface area contributed by atoms with Crippen LogP contribution >= 0.6 is 24.8 Å². The van der Waals surface area contributed by atoms with Gasteiger partial charge in [-0.1, -0.05) is 13.8 Å². The molecule has 144 valence electrons. The third-order valence-electron chi connectivity index (χ3n) is 5.15. The van der Waals surface area contributed by atoms with Gasteiger partial charge in [-0.2, -0.15) is 0 Å². The summed E-state index contributed by atoms with van der Waals surface area (Å²) in [5.74, 6) is 0.622. The first kappa shape index (κ1) is 22.4. The molecule has 0 radical (unpaired) electrons. The summed E-state index contributed by atoms with van der Waals surface area (Å²) < 4.78 is 5.68. The molecule has 2 aromatic rings. The number of nitrogens with one attached hydrogen (secondary N) is 2. The van der Waals surface area contributed by atoms with E-state index in [1.54, 1.807) is 12.4 Å². The van der Waals surface area contributed by atoms with Crippen LogP contribution in [0.3, 0.4) is 0 Å². The van der Waals surface area contributed by atoms with Crippen LogP contribution in [0.15, 0.2) is 36.7 Å². The smallest absolute Gasteiger partial charge is 0.245 e.